The average molecular weight is 514 g/mol. The maximum atomic E-state index is 9.12. The number of nitriles is 1. The van der Waals surface area contributed by atoms with Crippen molar-refractivity contribution in [3.05, 3.63) is 133 Å². The molecule has 4 N–H and O–H groups in total. The number of benzene rings is 4. The average Bonchev–Trinajstić information content (AvgIpc) is 2.98. The summed E-state index contributed by atoms with van der Waals surface area (Å²) in [6.45, 7) is 0. The molecule has 38 heavy (non-hydrogen) atoms. The molecule has 0 spiro atoms. The van der Waals surface area contributed by atoms with Gasteiger partial charge in [-0.1, -0.05) is 97.1 Å². The minimum Gasteiger partial charge on any atom is -0.405 e. The van der Waals surface area contributed by atoms with E-state index in [-0.39, 0.29) is 0 Å². The molecular formula is C34H31N3S. The fraction of sp³-hybridized carbons (Fsp3) is 0.0882. The topological polar surface area (TPSA) is 75.8 Å². The van der Waals surface area contributed by atoms with E-state index in [2.05, 4.69) is 103 Å². The lowest BCUT2D eigenvalue weighted by Crippen LogP contribution is -1.92. The van der Waals surface area contributed by atoms with Crippen LogP contribution in [0.25, 0.3) is 38.6 Å². The standard InChI is InChI=1S/C34H31N3S/c1-38-34-22-27(26-11-5-3-6-12-26)16-17-33(34)32-19-18-29(30-14-8-9-15-31(30)32)28(24-37)13-7-2-4-10-25(23-36)20-21-35/h3,5-22,24H,2,4,35,37H2,1H3/b13-7-,21-20-,25-10+,28-24+. The lowest BCUT2D eigenvalue weighted by atomic mass is 9.91. The van der Waals surface area contributed by atoms with Crippen LogP contribution in [0.3, 0.4) is 0 Å². The molecule has 0 atom stereocenters. The first-order chi connectivity index (χ1) is 18.7. The molecule has 0 aliphatic rings. The van der Waals surface area contributed by atoms with Crippen LogP contribution in [0.4, 0.5) is 0 Å². The van der Waals surface area contributed by atoms with Crippen LogP contribution < -0.4 is 11.5 Å². The van der Waals surface area contributed by atoms with Gasteiger partial charge in [-0.05, 0) is 81.6 Å². The Hall–Kier alpha value is -4.46. The number of thioether (sulfide) groups is 1. The van der Waals surface area contributed by atoms with E-state index < -0.39 is 0 Å². The van der Waals surface area contributed by atoms with Gasteiger partial charge in [0.1, 0.15) is 0 Å². The molecule has 0 aliphatic heterocycles. The number of rotatable bonds is 9. The Morgan fingerprint density at radius 2 is 1.55 bits per heavy atom. The summed E-state index contributed by atoms with van der Waals surface area (Å²) in [5, 5.41) is 11.5. The van der Waals surface area contributed by atoms with Crippen LogP contribution in [0.1, 0.15) is 18.4 Å². The highest BCUT2D eigenvalue weighted by Crippen LogP contribution is 2.39. The fourth-order valence-electron chi connectivity index (χ4n) is 4.54. The highest BCUT2D eigenvalue weighted by atomic mass is 32.2. The molecule has 4 rings (SSSR count). The van der Waals surface area contributed by atoms with E-state index in [1.54, 1.807) is 24.0 Å². The molecule has 0 amide bonds. The van der Waals surface area contributed by atoms with Crippen LogP contribution in [-0.2, 0) is 0 Å². The van der Waals surface area contributed by atoms with Gasteiger partial charge in [-0.2, -0.15) is 5.26 Å². The van der Waals surface area contributed by atoms with Crippen LogP contribution in [0.2, 0.25) is 0 Å². The Labute approximate surface area is 229 Å². The summed E-state index contributed by atoms with van der Waals surface area (Å²) >= 11 is 1.77. The van der Waals surface area contributed by atoms with Gasteiger partial charge in [-0.3, -0.25) is 0 Å². The van der Waals surface area contributed by atoms with E-state index >= 15 is 0 Å². The Morgan fingerprint density at radius 3 is 2.26 bits per heavy atom. The molecule has 4 aromatic rings. The molecule has 0 heterocycles. The van der Waals surface area contributed by atoms with Gasteiger partial charge in [0.15, 0.2) is 0 Å². The highest BCUT2D eigenvalue weighted by molar-refractivity contribution is 7.98. The number of unbranched alkanes of at least 4 members (excludes halogenated alkanes) is 1. The zero-order chi connectivity index (χ0) is 26.7. The molecule has 4 aromatic carbocycles. The van der Waals surface area contributed by atoms with Gasteiger partial charge in [0.25, 0.3) is 0 Å². The summed E-state index contributed by atoms with van der Waals surface area (Å²) in [5.74, 6) is 0. The zero-order valence-electron chi connectivity index (χ0n) is 21.5. The van der Waals surface area contributed by atoms with Crippen LogP contribution in [0, 0.1) is 11.3 Å². The predicted molar refractivity (Wildman–Crippen MR) is 164 cm³/mol. The first-order valence-corrected chi connectivity index (χ1v) is 13.8. The number of nitrogens with zero attached hydrogens (tertiary/aromatic N) is 1. The number of hydrogen-bond acceptors (Lipinski definition) is 4. The highest BCUT2D eigenvalue weighted by Gasteiger charge is 2.13. The van der Waals surface area contributed by atoms with Crippen molar-refractivity contribution >= 4 is 28.1 Å². The van der Waals surface area contributed by atoms with Gasteiger partial charge in [-0.15, -0.1) is 11.8 Å². The van der Waals surface area contributed by atoms with E-state index in [4.69, 9.17) is 16.7 Å². The minimum absolute atomic E-state index is 0.568. The van der Waals surface area contributed by atoms with Gasteiger partial charge in [0, 0.05) is 16.7 Å². The fourth-order valence-corrected chi connectivity index (χ4v) is 5.19. The van der Waals surface area contributed by atoms with E-state index in [9.17, 15) is 0 Å². The Morgan fingerprint density at radius 1 is 0.816 bits per heavy atom. The number of nitrogens with two attached hydrogens (primary N) is 2. The van der Waals surface area contributed by atoms with Crippen molar-refractivity contribution in [2.45, 2.75) is 17.7 Å². The third-order valence-corrected chi connectivity index (χ3v) is 7.19. The molecule has 0 bridgehead atoms. The summed E-state index contributed by atoms with van der Waals surface area (Å²) in [4.78, 5) is 1.24. The molecule has 0 saturated heterocycles. The molecule has 0 fully saturated rings. The monoisotopic (exact) mass is 513 g/mol. The van der Waals surface area contributed by atoms with Crippen molar-refractivity contribution in [3.63, 3.8) is 0 Å². The lowest BCUT2D eigenvalue weighted by molar-refractivity contribution is 1.05. The van der Waals surface area contributed by atoms with E-state index in [1.807, 2.05) is 12.1 Å². The summed E-state index contributed by atoms with van der Waals surface area (Å²) < 4.78 is 0. The summed E-state index contributed by atoms with van der Waals surface area (Å²) in [6.07, 6.45) is 14.4. The van der Waals surface area contributed by atoms with Gasteiger partial charge < -0.3 is 11.5 Å². The molecular weight excluding hydrogens is 482 g/mol. The molecule has 0 radical (unpaired) electrons. The van der Waals surface area contributed by atoms with Gasteiger partial charge in [0.05, 0.1) is 6.07 Å². The van der Waals surface area contributed by atoms with Gasteiger partial charge in [-0.25, -0.2) is 0 Å². The third-order valence-electron chi connectivity index (χ3n) is 6.41. The van der Waals surface area contributed by atoms with Gasteiger partial charge in [0.2, 0.25) is 0 Å². The quantitative estimate of drug-likeness (QED) is 0.102. The van der Waals surface area contributed by atoms with Gasteiger partial charge >= 0.3 is 0 Å². The second-order valence-electron chi connectivity index (χ2n) is 8.72. The van der Waals surface area contributed by atoms with Crippen molar-refractivity contribution < 1.29 is 0 Å². The molecule has 0 aliphatic carbocycles. The second kappa shape index (κ2) is 13.2. The summed E-state index contributed by atoms with van der Waals surface area (Å²) in [7, 11) is 0. The van der Waals surface area contributed by atoms with Crippen LogP contribution in [0.5, 0.6) is 0 Å². The maximum Gasteiger partial charge on any atom is 0.0988 e. The summed E-state index contributed by atoms with van der Waals surface area (Å²) in [5.41, 5.74) is 19.0. The zero-order valence-corrected chi connectivity index (χ0v) is 22.3. The third kappa shape index (κ3) is 6.08. The van der Waals surface area contributed by atoms with Crippen molar-refractivity contribution in [1.82, 2.24) is 0 Å². The van der Waals surface area contributed by atoms with Crippen molar-refractivity contribution in [2.24, 2.45) is 11.5 Å². The molecule has 0 saturated carbocycles. The van der Waals surface area contributed by atoms with Crippen LogP contribution >= 0.6 is 11.8 Å². The molecule has 0 aromatic heterocycles. The van der Waals surface area contributed by atoms with Crippen molar-refractivity contribution in [1.29, 1.82) is 5.26 Å². The first-order valence-electron chi connectivity index (χ1n) is 12.5. The smallest absolute Gasteiger partial charge is 0.0988 e. The predicted octanol–water partition coefficient (Wildman–Crippen LogP) is 8.45. The SMILES string of the molecule is CSc1cc(-c2ccccc2)ccc1-c1ccc(C(/C=C\CC/C=C(C#N)\C=C/N)=C/N)c2ccccc12. The molecule has 4 heteroatoms. The largest absolute Gasteiger partial charge is 0.405 e. The van der Waals surface area contributed by atoms with Crippen LogP contribution in [0.15, 0.2) is 132 Å². The van der Waals surface area contributed by atoms with Crippen molar-refractivity contribution in [2.75, 3.05) is 6.26 Å². The molecule has 0 unspecified atom stereocenters. The maximum absolute atomic E-state index is 9.12. The van der Waals surface area contributed by atoms with Crippen molar-refractivity contribution in [3.8, 4) is 28.3 Å². The number of allylic oxidation sites excluding steroid dienone is 6. The summed E-state index contributed by atoms with van der Waals surface area (Å²) in [6, 6.07) is 32.2. The van der Waals surface area contributed by atoms with E-state index in [0.29, 0.717) is 5.57 Å². The molecule has 3 nitrogen and oxygen atoms in total. The minimum atomic E-state index is 0.568. The first kappa shape index (κ1) is 26.6. The Balaban J connectivity index is 1.67. The normalized spacial score (nSPS) is 12.4. The van der Waals surface area contributed by atoms with E-state index in [0.717, 1.165) is 29.4 Å². The number of fused-ring (bicyclic) bond motifs is 1. The van der Waals surface area contributed by atoms with E-state index in [1.165, 1.54) is 38.7 Å². The van der Waals surface area contributed by atoms with Crippen LogP contribution in [-0.4, -0.2) is 6.26 Å². The molecule has 188 valence electrons. The lowest BCUT2D eigenvalue weighted by Gasteiger charge is -2.15. The second-order valence-corrected chi connectivity index (χ2v) is 9.57. The Kier molecular flexibility index (Phi) is 9.23. The Bertz CT molecular complexity index is 1570. The number of hydrogen-bond donors (Lipinski definition) is 2.